The quantitative estimate of drug-likeness (QED) is 0.924. The third kappa shape index (κ3) is 2.66. The second-order valence-electron chi connectivity index (χ2n) is 4.31. The molecule has 0 saturated carbocycles. The van der Waals surface area contributed by atoms with Gasteiger partial charge < -0.3 is 5.11 Å². The number of rotatable bonds is 4. The van der Waals surface area contributed by atoms with Gasteiger partial charge in [0.05, 0.1) is 11.4 Å². The standard InChI is InChI=1S/C14H16F2N2O/c1-3-10-8-13(18(4-2)17-10)14(19)9-5-6-11(15)12(16)7-9/h5-8,14,19H,3-4H2,1-2H3. The zero-order valence-electron chi connectivity index (χ0n) is 10.9. The fourth-order valence-corrected chi connectivity index (χ4v) is 1.99. The fraction of sp³-hybridized carbons (Fsp3) is 0.357. The Bertz CT molecular complexity index is 581. The lowest BCUT2D eigenvalue weighted by molar-refractivity contribution is 0.207. The summed E-state index contributed by atoms with van der Waals surface area (Å²) in [6.45, 7) is 4.49. The number of hydrogen-bond acceptors (Lipinski definition) is 2. The van der Waals surface area contributed by atoms with Crippen molar-refractivity contribution in [1.82, 2.24) is 9.78 Å². The molecule has 102 valence electrons. The highest BCUT2D eigenvalue weighted by Crippen LogP contribution is 2.24. The van der Waals surface area contributed by atoms with Crippen molar-refractivity contribution in [2.24, 2.45) is 0 Å². The van der Waals surface area contributed by atoms with E-state index in [1.54, 1.807) is 10.7 Å². The third-order valence-electron chi connectivity index (χ3n) is 3.06. The first-order valence-corrected chi connectivity index (χ1v) is 6.26. The number of nitrogens with zero attached hydrogens (tertiary/aromatic N) is 2. The van der Waals surface area contributed by atoms with Gasteiger partial charge in [0.15, 0.2) is 11.6 Å². The van der Waals surface area contributed by atoms with Crippen molar-refractivity contribution in [3.05, 3.63) is 52.9 Å². The van der Waals surface area contributed by atoms with E-state index >= 15 is 0 Å². The molecule has 1 atom stereocenters. The summed E-state index contributed by atoms with van der Waals surface area (Å²) in [6, 6.07) is 5.19. The SMILES string of the molecule is CCc1cc(C(O)c2ccc(F)c(F)c2)n(CC)n1. The molecule has 0 saturated heterocycles. The van der Waals surface area contributed by atoms with Crippen molar-refractivity contribution in [2.45, 2.75) is 32.9 Å². The van der Waals surface area contributed by atoms with Crippen LogP contribution in [0.25, 0.3) is 0 Å². The maximum absolute atomic E-state index is 13.2. The van der Waals surface area contributed by atoms with Crippen LogP contribution < -0.4 is 0 Å². The maximum atomic E-state index is 13.2. The molecule has 19 heavy (non-hydrogen) atoms. The number of aryl methyl sites for hydroxylation is 2. The Kier molecular flexibility index (Phi) is 3.95. The minimum Gasteiger partial charge on any atom is -0.382 e. The minimum atomic E-state index is -1.01. The molecule has 0 aliphatic carbocycles. The van der Waals surface area contributed by atoms with Gasteiger partial charge in [0.2, 0.25) is 0 Å². The number of halogens is 2. The van der Waals surface area contributed by atoms with Gasteiger partial charge in [-0.15, -0.1) is 0 Å². The molecule has 1 unspecified atom stereocenters. The molecular weight excluding hydrogens is 250 g/mol. The zero-order chi connectivity index (χ0) is 14.0. The van der Waals surface area contributed by atoms with Gasteiger partial charge >= 0.3 is 0 Å². The van der Waals surface area contributed by atoms with E-state index in [4.69, 9.17) is 0 Å². The number of benzene rings is 1. The predicted molar refractivity (Wildman–Crippen MR) is 67.7 cm³/mol. The fourth-order valence-electron chi connectivity index (χ4n) is 1.99. The largest absolute Gasteiger partial charge is 0.382 e. The summed E-state index contributed by atoms with van der Waals surface area (Å²) in [5.74, 6) is -1.89. The first-order chi connectivity index (χ1) is 9.06. The summed E-state index contributed by atoms with van der Waals surface area (Å²) in [4.78, 5) is 0. The molecule has 0 spiro atoms. The van der Waals surface area contributed by atoms with E-state index in [0.717, 1.165) is 24.2 Å². The Morgan fingerprint density at radius 1 is 1.21 bits per heavy atom. The Labute approximate surface area is 110 Å². The minimum absolute atomic E-state index is 0.316. The molecule has 0 bridgehead atoms. The summed E-state index contributed by atoms with van der Waals surface area (Å²) in [6.07, 6.45) is -0.257. The summed E-state index contributed by atoms with van der Waals surface area (Å²) in [5.41, 5.74) is 1.76. The molecule has 0 radical (unpaired) electrons. The van der Waals surface area contributed by atoms with Gasteiger partial charge in [-0.05, 0) is 37.1 Å². The molecule has 1 heterocycles. The van der Waals surface area contributed by atoms with Gasteiger partial charge in [0.1, 0.15) is 6.10 Å². The molecule has 0 amide bonds. The van der Waals surface area contributed by atoms with Crippen LogP contribution in [0.4, 0.5) is 8.78 Å². The van der Waals surface area contributed by atoms with Crippen molar-refractivity contribution in [2.75, 3.05) is 0 Å². The Morgan fingerprint density at radius 3 is 2.53 bits per heavy atom. The first-order valence-electron chi connectivity index (χ1n) is 6.26. The normalized spacial score (nSPS) is 12.7. The molecule has 2 rings (SSSR count). The molecule has 1 N–H and O–H groups in total. The number of aliphatic hydroxyl groups excluding tert-OH is 1. The number of aromatic nitrogens is 2. The van der Waals surface area contributed by atoms with Crippen LogP contribution in [-0.4, -0.2) is 14.9 Å². The third-order valence-corrected chi connectivity index (χ3v) is 3.06. The topological polar surface area (TPSA) is 38.0 Å². The van der Waals surface area contributed by atoms with Gasteiger partial charge in [-0.1, -0.05) is 13.0 Å². The van der Waals surface area contributed by atoms with Crippen LogP contribution in [0, 0.1) is 11.6 Å². The second-order valence-corrected chi connectivity index (χ2v) is 4.31. The summed E-state index contributed by atoms with van der Waals surface area (Å²) < 4.78 is 27.8. The average Bonchev–Trinajstić information content (AvgIpc) is 2.84. The van der Waals surface area contributed by atoms with E-state index in [-0.39, 0.29) is 0 Å². The van der Waals surface area contributed by atoms with Crippen molar-refractivity contribution in [1.29, 1.82) is 0 Å². The summed E-state index contributed by atoms with van der Waals surface area (Å²) in [5, 5.41) is 14.6. The molecule has 1 aromatic carbocycles. The van der Waals surface area contributed by atoms with Gasteiger partial charge in [-0.25, -0.2) is 8.78 Å². The Morgan fingerprint density at radius 2 is 1.95 bits per heavy atom. The lowest BCUT2D eigenvalue weighted by atomic mass is 10.1. The predicted octanol–water partition coefficient (Wildman–Crippen LogP) is 2.83. The van der Waals surface area contributed by atoms with Crippen LogP contribution in [-0.2, 0) is 13.0 Å². The van der Waals surface area contributed by atoms with Crippen molar-refractivity contribution in [3.63, 3.8) is 0 Å². The van der Waals surface area contributed by atoms with Crippen LogP contribution >= 0.6 is 0 Å². The molecule has 0 aliphatic rings. The van der Waals surface area contributed by atoms with Crippen LogP contribution in [0.3, 0.4) is 0 Å². The van der Waals surface area contributed by atoms with E-state index in [1.807, 2.05) is 13.8 Å². The maximum Gasteiger partial charge on any atom is 0.159 e. The van der Waals surface area contributed by atoms with E-state index in [0.29, 0.717) is 17.8 Å². The summed E-state index contributed by atoms with van der Waals surface area (Å²) in [7, 11) is 0. The lowest BCUT2D eigenvalue weighted by Gasteiger charge is -2.12. The highest BCUT2D eigenvalue weighted by atomic mass is 19.2. The smallest absolute Gasteiger partial charge is 0.159 e. The monoisotopic (exact) mass is 266 g/mol. The van der Waals surface area contributed by atoms with Gasteiger partial charge in [-0.3, -0.25) is 4.68 Å². The summed E-state index contributed by atoms with van der Waals surface area (Å²) >= 11 is 0. The van der Waals surface area contributed by atoms with Crippen molar-refractivity contribution in [3.8, 4) is 0 Å². The molecule has 0 fully saturated rings. The highest BCUT2D eigenvalue weighted by molar-refractivity contribution is 5.28. The van der Waals surface area contributed by atoms with Crippen molar-refractivity contribution < 1.29 is 13.9 Å². The van der Waals surface area contributed by atoms with E-state index in [1.165, 1.54) is 6.07 Å². The first kappa shape index (κ1) is 13.7. The molecule has 2 aromatic rings. The Hall–Kier alpha value is -1.75. The van der Waals surface area contributed by atoms with Gasteiger partial charge in [0.25, 0.3) is 0 Å². The highest BCUT2D eigenvalue weighted by Gasteiger charge is 2.18. The molecular formula is C14H16F2N2O. The van der Waals surface area contributed by atoms with Gasteiger partial charge in [-0.2, -0.15) is 5.10 Å². The average molecular weight is 266 g/mol. The number of aliphatic hydroxyl groups is 1. The lowest BCUT2D eigenvalue weighted by Crippen LogP contribution is -2.09. The van der Waals surface area contributed by atoms with E-state index < -0.39 is 17.7 Å². The number of hydrogen-bond donors (Lipinski definition) is 1. The second kappa shape index (κ2) is 5.48. The molecule has 0 aliphatic heterocycles. The van der Waals surface area contributed by atoms with Crippen LogP contribution in [0.2, 0.25) is 0 Å². The van der Waals surface area contributed by atoms with Crippen LogP contribution in [0.5, 0.6) is 0 Å². The van der Waals surface area contributed by atoms with Gasteiger partial charge in [0, 0.05) is 6.54 Å². The molecule has 1 aromatic heterocycles. The van der Waals surface area contributed by atoms with E-state index in [9.17, 15) is 13.9 Å². The molecule has 5 heteroatoms. The molecule has 3 nitrogen and oxygen atoms in total. The van der Waals surface area contributed by atoms with Crippen LogP contribution in [0.1, 0.15) is 36.9 Å². The van der Waals surface area contributed by atoms with Crippen molar-refractivity contribution >= 4 is 0 Å². The van der Waals surface area contributed by atoms with Crippen LogP contribution in [0.15, 0.2) is 24.3 Å². The Balaban J connectivity index is 2.39. The zero-order valence-corrected chi connectivity index (χ0v) is 10.9. The van der Waals surface area contributed by atoms with E-state index in [2.05, 4.69) is 5.10 Å².